The zero-order chi connectivity index (χ0) is 10.5. The second-order valence-corrected chi connectivity index (χ2v) is 6.07. The Morgan fingerprint density at radius 2 is 1.13 bits per heavy atom. The van der Waals surface area contributed by atoms with Crippen molar-refractivity contribution in [2.24, 2.45) is 0 Å². The van der Waals surface area contributed by atoms with Crippen LogP contribution in [0.3, 0.4) is 0 Å². The fourth-order valence-electron chi connectivity index (χ4n) is 1.73. The van der Waals surface area contributed by atoms with Crippen molar-refractivity contribution in [3.63, 3.8) is 0 Å². The minimum absolute atomic E-state index is 0.650. The maximum Gasteiger partial charge on any atom is 0.121 e. The molecule has 0 atom stereocenters. The van der Waals surface area contributed by atoms with E-state index in [1.165, 1.54) is 10.4 Å². The van der Waals surface area contributed by atoms with Crippen LogP contribution >= 0.6 is 0 Å². The van der Waals surface area contributed by atoms with Gasteiger partial charge >= 0.3 is 0 Å². The molecule has 0 aliphatic carbocycles. The summed E-state index contributed by atoms with van der Waals surface area (Å²) in [5, 5.41) is 2.90. The van der Waals surface area contributed by atoms with E-state index in [1.807, 2.05) is 0 Å². The minimum atomic E-state index is -0.650. The molecule has 0 heterocycles. The molecule has 0 aliphatic rings. The van der Waals surface area contributed by atoms with Crippen LogP contribution in [0.25, 0.3) is 0 Å². The molecule has 0 spiro atoms. The molecular weight excluding hydrogens is 196 g/mol. The molecule has 0 fully saturated rings. The summed E-state index contributed by atoms with van der Waals surface area (Å²) >= 11 is 0. The summed E-state index contributed by atoms with van der Waals surface area (Å²) in [6, 6.07) is 22.4. The maximum absolute atomic E-state index is 4.08. The molecule has 0 nitrogen and oxygen atoms in total. The molecule has 2 radical (unpaired) electrons. The zero-order valence-corrected chi connectivity index (χ0v) is 9.69. The van der Waals surface area contributed by atoms with Crippen LogP contribution in [0.5, 0.6) is 0 Å². The van der Waals surface area contributed by atoms with Gasteiger partial charge in [-0.2, -0.15) is 0 Å². The number of benzene rings is 2. The Kier molecular flexibility index (Phi) is 3.35. The highest BCUT2D eigenvalue weighted by molar-refractivity contribution is 6.85. The van der Waals surface area contributed by atoms with Gasteiger partial charge < -0.3 is 0 Å². The molecule has 15 heavy (non-hydrogen) atoms. The Hall–Kier alpha value is -1.34. The van der Waals surface area contributed by atoms with E-state index in [9.17, 15) is 0 Å². The quantitative estimate of drug-likeness (QED) is 0.681. The van der Waals surface area contributed by atoms with Gasteiger partial charge in [0, 0.05) is 0 Å². The average Bonchev–Trinajstić information content (AvgIpc) is 2.33. The molecule has 0 amide bonds. The lowest BCUT2D eigenvalue weighted by atomic mass is 10.4. The fraction of sp³-hybridized carbons (Fsp3) is 0.0714. The molecule has 0 aromatic heterocycles. The van der Waals surface area contributed by atoms with E-state index in [1.54, 1.807) is 0 Å². The number of rotatable bonds is 3. The summed E-state index contributed by atoms with van der Waals surface area (Å²) in [5.41, 5.74) is 0. The first-order chi connectivity index (χ1) is 7.42. The van der Waals surface area contributed by atoms with Crippen LogP contribution in [-0.2, 0) is 0 Å². The third-order valence-electron chi connectivity index (χ3n) is 2.49. The second kappa shape index (κ2) is 4.94. The Labute approximate surface area is 93.2 Å². The topological polar surface area (TPSA) is 0 Å². The highest BCUT2D eigenvalue weighted by atomic mass is 28.3. The Bertz CT molecular complexity index is 355. The monoisotopic (exact) mass is 210 g/mol. The molecule has 0 unspecified atom stereocenters. The molecule has 0 saturated heterocycles. The second-order valence-electron chi connectivity index (χ2n) is 3.46. The van der Waals surface area contributed by atoms with Crippen LogP contribution in [-0.4, -0.2) is 8.80 Å². The molecule has 0 bridgehead atoms. The van der Waals surface area contributed by atoms with Crippen molar-refractivity contribution in [2.45, 2.75) is 6.04 Å². The Balaban J connectivity index is 2.34. The SMILES string of the molecule is [CH2]C[Si](c1ccccc1)c1ccccc1. The first-order valence-corrected chi connectivity index (χ1v) is 6.88. The van der Waals surface area contributed by atoms with E-state index in [0.717, 1.165) is 6.04 Å². The summed E-state index contributed by atoms with van der Waals surface area (Å²) in [5.74, 6) is 0. The van der Waals surface area contributed by atoms with Gasteiger partial charge in [0.15, 0.2) is 0 Å². The fourth-order valence-corrected chi connectivity index (χ4v) is 3.83. The van der Waals surface area contributed by atoms with E-state index in [0.29, 0.717) is 0 Å². The van der Waals surface area contributed by atoms with Crippen LogP contribution in [0, 0.1) is 6.92 Å². The minimum Gasteiger partial charge on any atom is -0.0628 e. The highest BCUT2D eigenvalue weighted by Gasteiger charge is 2.13. The van der Waals surface area contributed by atoms with Crippen molar-refractivity contribution in [3.8, 4) is 0 Å². The molecular formula is C14H14Si. The van der Waals surface area contributed by atoms with Gasteiger partial charge in [-0.3, -0.25) is 0 Å². The van der Waals surface area contributed by atoms with Gasteiger partial charge in [0.1, 0.15) is 8.80 Å². The van der Waals surface area contributed by atoms with Gasteiger partial charge in [0.2, 0.25) is 0 Å². The molecule has 0 N–H and O–H groups in total. The van der Waals surface area contributed by atoms with Crippen molar-refractivity contribution in [1.82, 2.24) is 0 Å². The van der Waals surface area contributed by atoms with Crippen molar-refractivity contribution in [2.75, 3.05) is 0 Å². The van der Waals surface area contributed by atoms with Gasteiger partial charge in [0.25, 0.3) is 0 Å². The van der Waals surface area contributed by atoms with Gasteiger partial charge in [-0.25, -0.2) is 0 Å². The third-order valence-corrected chi connectivity index (χ3v) is 5.06. The number of hydrogen-bond donors (Lipinski definition) is 0. The smallest absolute Gasteiger partial charge is 0.0628 e. The predicted octanol–water partition coefficient (Wildman–Crippen LogP) is 2.13. The molecule has 2 aromatic carbocycles. The van der Waals surface area contributed by atoms with Crippen molar-refractivity contribution >= 4 is 19.2 Å². The first kappa shape index (κ1) is 10.2. The summed E-state index contributed by atoms with van der Waals surface area (Å²) < 4.78 is 0. The molecule has 0 saturated carbocycles. The Morgan fingerprint density at radius 1 is 0.733 bits per heavy atom. The first-order valence-electron chi connectivity index (χ1n) is 5.17. The van der Waals surface area contributed by atoms with Crippen molar-refractivity contribution in [3.05, 3.63) is 67.6 Å². The van der Waals surface area contributed by atoms with E-state index in [2.05, 4.69) is 67.6 Å². The highest BCUT2D eigenvalue weighted by Crippen LogP contribution is 1.96. The van der Waals surface area contributed by atoms with Crippen LogP contribution in [0.2, 0.25) is 6.04 Å². The van der Waals surface area contributed by atoms with Gasteiger partial charge in [0.05, 0.1) is 0 Å². The summed E-state index contributed by atoms with van der Waals surface area (Å²) in [6.07, 6.45) is 0. The van der Waals surface area contributed by atoms with Crippen LogP contribution < -0.4 is 10.4 Å². The van der Waals surface area contributed by atoms with E-state index >= 15 is 0 Å². The van der Waals surface area contributed by atoms with E-state index in [-0.39, 0.29) is 0 Å². The molecule has 74 valence electrons. The molecule has 2 aromatic rings. The standard InChI is InChI=1S/C14H14Si/c1-2-15(13-9-5-3-6-10-13)14-11-7-4-8-12-14/h3-12H,1-2H2. The largest absolute Gasteiger partial charge is 0.121 e. The Morgan fingerprint density at radius 3 is 1.47 bits per heavy atom. The van der Waals surface area contributed by atoms with Gasteiger partial charge in [-0.15, -0.1) is 0 Å². The predicted molar refractivity (Wildman–Crippen MR) is 68.1 cm³/mol. The third kappa shape index (κ3) is 2.36. The lowest BCUT2D eigenvalue weighted by Crippen LogP contribution is -2.41. The van der Waals surface area contributed by atoms with Gasteiger partial charge in [-0.05, 0) is 0 Å². The zero-order valence-electron chi connectivity index (χ0n) is 8.69. The summed E-state index contributed by atoms with van der Waals surface area (Å²) in [7, 11) is -0.650. The number of hydrogen-bond acceptors (Lipinski definition) is 0. The summed E-state index contributed by atoms with van der Waals surface area (Å²) in [6.45, 7) is 4.08. The van der Waals surface area contributed by atoms with Gasteiger partial charge in [-0.1, -0.05) is 84.0 Å². The van der Waals surface area contributed by atoms with E-state index in [4.69, 9.17) is 0 Å². The lowest BCUT2D eigenvalue weighted by molar-refractivity contribution is 1.63. The van der Waals surface area contributed by atoms with Crippen molar-refractivity contribution < 1.29 is 0 Å². The van der Waals surface area contributed by atoms with E-state index < -0.39 is 8.80 Å². The van der Waals surface area contributed by atoms with Crippen LogP contribution in [0.4, 0.5) is 0 Å². The van der Waals surface area contributed by atoms with Crippen LogP contribution in [0.1, 0.15) is 0 Å². The average molecular weight is 210 g/mol. The molecule has 1 heteroatoms. The molecule has 2 rings (SSSR count). The lowest BCUT2D eigenvalue weighted by Gasteiger charge is -2.13. The summed E-state index contributed by atoms with van der Waals surface area (Å²) in [4.78, 5) is 0. The van der Waals surface area contributed by atoms with Crippen molar-refractivity contribution in [1.29, 1.82) is 0 Å². The van der Waals surface area contributed by atoms with Crippen LogP contribution in [0.15, 0.2) is 60.7 Å². The normalized spacial score (nSPS) is 10.5. The molecule has 0 aliphatic heterocycles. The maximum atomic E-state index is 4.08.